The molecule has 1 heterocycles. The Bertz CT molecular complexity index is 181. The molecular weight excluding hydrogens is 174 g/mol. The molecule has 1 rings (SSSR count). The van der Waals surface area contributed by atoms with Crippen molar-refractivity contribution in [3.05, 3.63) is 12.3 Å². The lowest BCUT2D eigenvalue weighted by atomic mass is 9.92. The fraction of sp³-hybridized carbons (Fsp3) is 0.833. The van der Waals surface area contributed by atoms with Crippen LogP contribution in [0.2, 0.25) is 0 Å². The van der Waals surface area contributed by atoms with E-state index in [0.29, 0.717) is 11.5 Å². The van der Waals surface area contributed by atoms with E-state index >= 15 is 0 Å². The summed E-state index contributed by atoms with van der Waals surface area (Å²) in [6.45, 7) is 8.89. The minimum atomic E-state index is 0.389. The number of rotatable bonds is 4. The highest BCUT2D eigenvalue weighted by molar-refractivity contribution is 4.83. The van der Waals surface area contributed by atoms with E-state index in [-0.39, 0.29) is 0 Å². The van der Waals surface area contributed by atoms with Gasteiger partial charge in [0.1, 0.15) is 6.10 Å². The maximum absolute atomic E-state index is 5.47. The predicted octanol–water partition coefficient (Wildman–Crippen LogP) is 2.70. The molecule has 0 radical (unpaired) electrons. The second-order valence-electron chi connectivity index (χ2n) is 5.22. The van der Waals surface area contributed by atoms with E-state index in [4.69, 9.17) is 4.74 Å². The molecule has 0 saturated heterocycles. The summed E-state index contributed by atoms with van der Waals surface area (Å²) < 4.78 is 5.47. The summed E-state index contributed by atoms with van der Waals surface area (Å²) >= 11 is 0. The van der Waals surface area contributed by atoms with Gasteiger partial charge in [0.2, 0.25) is 0 Å². The van der Waals surface area contributed by atoms with E-state index < -0.39 is 0 Å². The van der Waals surface area contributed by atoms with E-state index in [2.05, 4.69) is 32.2 Å². The highest BCUT2D eigenvalue weighted by Crippen LogP contribution is 2.17. The first-order chi connectivity index (χ1) is 6.58. The van der Waals surface area contributed by atoms with Crippen LogP contribution in [0.25, 0.3) is 0 Å². The summed E-state index contributed by atoms with van der Waals surface area (Å²) in [6, 6.07) is 0. The summed E-state index contributed by atoms with van der Waals surface area (Å²) in [5.74, 6) is 0. The number of allylic oxidation sites excluding steroid dienone is 1. The van der Waals surface area contributed by atoms with Gasteiger partial charge in [-0.1, -0.05) is 20.8 Å². The number of hydrogen-bond acceptors (Lipinski definition) is 2. The van der Waals surface area contributed by atoms with Crippen LogP contribution in [-0.2, 0) is 4.74 Å². The Hall–Kier alpha value is -0.500. The van der Waals surface area contributed by atoms with Gasteiger partial charge in [-0.2, -0.15) is 0 Å². The van der Waals surface area contributed by atoms with Gasteiger partial charge in [-0.05, 0) is 37.3 Å². The zero-order valence-electron chi connectivity index (χ0n) is 9.68. The monoisotopic (exact) mass is 197 g/mol. The maximum Gasteiger partial charge on any atom is 0.110 e. The number of hydrogen-bond donors (Lipinski definition) is 1. The third-order valence-electron chi connectivity index (χ3n) is 2.45. The normalized spacial score (nSPS) is 22.1. The van der Waals surface area contributed by atoms with Crippen molar-refractivity contribution in [2.24, 2.45) is 5.41 Å². The topological polar surface area (TPSA) is 21.3 Å². The minimum Gasteiger partial charge on any atom is -0.497 e. The molecule has 1 N–H and O–H groups in total. The second kappa shape index (κ2) is 5.40. The lowest BCUT2D eigenvalue weighted by Gasteiger charge is -2.22. The molecule has 0 saturated carbocycles. The molecule has 0 spiro atoms. The van der Waals surface area contributed by atoms with E-state index in [1.807, 2.05) is 6.26 Å². The summed E-state index contributed by atoms with van der Waals surface area (Å²) in [4.78, 5) is 0. The molecule has 0 aromatic heterocycles. The van der Waals surface area contributed by atoms with Crippen LogP contribution in [0, 0.1) is 5.41 Å². The average Bonchev–Trinajstić information content (AvgIpc) is 2.13. The lowest BCUT2D eigenvalue weighted by molar-refractivity contribution is 0.121. The summed E-state index contributed by atoms with van der Waals surface area (Å²) in [5, 5.41) is 3.45. The first-order valence-electron chi connectivity index (χ1n) is 5.59. The van der Waals surface area contributed by atoms with E-state index in [1.54, 1.807) is 0 Å². The van der Waals surface area contributed by atoms with Crippen molar-refractivity contribution in [2.75, 3.05) is 13.1 Å². The average molecular weight is 197 g/mol. The minimum absolute atomic E-state index is 0.389. The van der Waals surface area contributed by atoms with E-state index in [1.165, 1.54) is 6.42 Å². The van der Waals surface area contributed by atoms with Crippen molar-refractivity contribution in [3.8, 4) is 0 Å². The van der Waals surface area contributed by atoms with Gasteiger partial charge in [0.25, 0.3) is 0 Å². The smallest absolute Gasteiger partial charge is 0.110 e. The van der Waals surface area contributed by atoms with Crippen molar-refractivity contribution in [3.63, 3.8) is 0 Å². The summed E-state index contributed by atoms with van der Waals surface area (Å²) in [5.41, 5.74) is 0.431. The Kier molecular flexibility index (Phi) is 4.46. The first kappa shape index (κ1) is 11.6. The second-order valence-corrected chi connectivity index (χ2v) is 5.22. The van der Waals surface area contributed by atoms with Crippen molar-refractivity contribution < 1.29 is 4.74 Å². The Labute approximate surface area is 87.7 Å². The van der Waals surface area contributed by atoms with Crippen LogP contribution in [0.3, 0.4) is 0 Å². The van der Waals surface area contributed by atoms with Crippen molar-refractivity contribution >= 4 is 0 Å². The maximum atomic E-state index is 5.47. The largest absolute Gasteiger partial charge is 0.497 e. The molecule has 1 unspecified atom stereocenters. The molecule has 0 bridgehead atoms. The zero-order chi connectivity index (χ0) is 10.4. The molecule has 2 heteroatoms. The Balaban J connectivity index is 2.01. The summed E-state index contributed by atoms with van der Waals surface area (Å²) in [6.07, 6.45) is 7.84. The fourth-order valence-electron chi connectivity index (χ4n) is 1.46. The van der Waals surface area contributed by atoms with Crippen LogP contribution in [0.5, 0.6) is 0 Å². The third kappa shape index (κ3) is 5.28. The van der Waals surface area contributed by atoms with Gasteiger partial charge in [0.15, 0.2) is 0 Å². The molecule has 0 fully saturated rings. The van der Waals surface area contributed by atoms with Crippen LogP contribution in [0.4, 0.5) is 0 Å². The predicted molar refractivity (Wildman–Crippen MR) is 60.2 cm³/mol. The van der Waals surface area contributed by atoms with Gasteiger partial charge in [-0.3, -0.25) is 0 Å². The van der Waals surface area contributed by atoms with E-state index in [0.717, 1.165) is 25.9 Å². The van der Waals surface area contributed by atoms with Crippen LogP contribution < -0.4 is 5.32 Å². The molecule has 1 aliphatic rings. The Morgan fingerprint density at radius 2 is 2.21 bits per heavy atom. The van der Waals surface area contributed by atoms with Gasteiger partial charge in [0.05, 0.1) is 6.26 Å². The van der Waals surface area contributed by atoms with Crippen molar-refractivity contribution in [1.82, 2.24) is 5.32 Å². The van der Waals surface area contributed by atoms with Crippen LogP contribution in [0.1, 0.15) is 40.0 Å². The highest BCUT2D eigenvalue weighted by Gasteiger charge is 2.12. The number of ether oxygens (including phenoxy) is 1. The molecule has 82 valence electrons. The Morgan fingerprint density at radius 1 is 1.43 bits per heavy atom. The fourth-order valence-corrected chi connectivity index (χ4v) is 1.46. The SMILES string of the molecule is CC(C)(C)CCNCC1CCC=CO1. The van der Waals surface area contributed by atoms with Gasteiger partial charge in [0, 0.05) is 6.54 Å². The van der Waals surface area contributed by atoms with E-state index in [9.17, 15) is 0 Å². The van der Waals surface area contributed by atoms with Gasteiger partial charge in [-0.15, -0.1) is 0 Å². The number of nitrogens with one attached hydrogen (secondary N) is 1. The van der Waals surface area contributed by atoms with Crippen LogP contribution >= 0.6 is 0 Å². The van der Waals surface area contributed by atoms with Gasteiger partial charge in [-0.25, -0.2) is 0 Å². The van der Waals surface area contributed by atoms with Crippen molar-refractivity contribution in [1.29, 1.82) is 0 Å². The van der Waals surface area contributed by atoms with Crippen molar-refractivity contribution in [2.45, 2.75) is 46.1 Å². The lowest BCUT2D eigenvalue weighted by Crippen LogP contribution is -2.31. The molecule has 14 heavy (non-hydrogen) atoms. The highest BCUT2D eigenvalue weighted by atomic mass is 16.5. The van der Waals surface area contributed by atoms with Crippen LogP contribution in [-0.4, -0.2) is 19.2 Å². The molecule has 2 nitrogen and oxygen atoms in total. The molecule has 0 aliphatic carbocycles. The molecule has 1 aliphatic heterocycles. The first-order valence-corrected chi connectivity index (χ1v) is 5.59. The molecule has 0 aromatic rings. The molecule has 0 amide bonds. The Morgan fingerprint density at radius 3 is 2.79 bits per heavy atom. The summed E-state index contributed by atoms with van der Waals surface area (Å²) in [7, 11) is 0. The quantitative estimate of drug-likeness (QED) is 0.700. The standard InChI is InChI=1S/C12H23NO/c1-12(2,3)7-8-13-10-11-6-4-5-9-14-11/h5,9,11,13H,4,6-8,10H2,1-3H3. The van der Waals surface area contributed by atoms with Gasteiger partial charge >= 0.3 is 0 Å². The molecular formula is C12H23NO. The molecule has 0 aromatic carbocycles. The van der Waals surface area contributed by atoms with Gasteiger partial charge < -0.3 is 10.1 Å². The molecule has 1 atom stereocenters. The zero-order valence-corrected chi connectivity index (χ0v) is 9.68. The van der Waals surface area contributed by atoms with Crippen LogP contribution in [0.15, 0.2) is 12.3 Å². The third-order valence-corrected chi connectivity index (χ3v) is 2.45.